The van der Waals surface area contributed by atoms with Gasteiger partial charge in [-0.25, -0.2) is 14.4 Å². The van der Waals surface area contributed by atoms with E-state index >= 15 is 0 Å². The van der Waals surface area contributed by atoms with Gasteiger partial charge in [0.05, 0.1) is 11.7 Å². The van der Waals surface area contributed by atoms with Crippen LogP contribution in [0.4, 0.5) is 16.0 Å². The van der Waals surface area contributed by atoms with Crippen LogP contribution < -0.4 is 16.4 Å². The third-order valence-corrected chi connectivity index (χ3v) is 4.91. The van der Waals surface area contributed by atoms with Crippen molar-refractivity contribution in [1.82, 2.24) is 15.3 Å². The highest BCUT2D eigenvalue weighted by atomic mass is 19.1. The van der Waals surface area contributed by atoms with E-state index in [0.717, 1.165) is 40.9 Å². The van der Waals surface area contributed by atoms with Gasteiger partial charge in [0.15, 0.2) is 0 Å². The van der Waals surface area contributed by atoms with Crippen LogP contribution in [0.25, 0.3) is 0 Å². The Morgan fingerprint density at radius 3 is 2.46 bits per heavy atom. The number of aromatic nitrogens is 2. The van der Waals surface area contributed by atoms with Crippen LogP contribution in [0.2, 0.25) is 0 Å². The van der Waals surface area contributed by atoms with Crippen molar-refractivity contribution in [1.29, 1.82) is 0 Å². The summed E-state index contributed by atoms with van der Waals surface area (Å²) in [5.41, 5.74) is 10.5. The van der Waals surface area contributed by atoms with Crippen LogP contribution in [0, 0.1) is 12.7 Å². The quantitative estimate of drug-likeness (QED) is 0.581. The molecule has 5 nitrogen and oxygen atoms in total. The van der Waals surface area contributed by atoms with Crippen LogP contribution in [-0.4, -0.2) is 16.0 Å². The van der Waals surface area contributed by atoms with Gasteiger partial charge in [0, 0.05) is 24.5 Å². The van der Waals surface area contributed by atoms with E-state index in [-0.39, 0.29) is 11.9 Å². The highest BCUT2D eigenvalue weighted by Crippen LogP contribution is 2.30. The molecule has 2 aromatic carbocycles. The van der Waals surface area contributed by atoms with Crippen molar-refractivity contribution < 1.29 is 4.39 Å². The topological polar surface area (TPSA) is 75.9 Å². The number of hydrogen-bond acceptors (Lipinski definition) is 5. The fraction of sp³-hybridized carbons (Fsp3) is 0.273. The second-order valence-corrected chi connectivity index (χ2v) is 7.21. The van der Waals surface area contributed by atoms with Gasteiger partial charge in [-0.15, -0.1) is 0 Å². The minimum Gasteiger partial charge on any atom is -0.326 e. The Morgan fingerprint density at radius 1 is 1.11 bits per heavy atom. The van der Waals surface area contributed by atoms with Gasteiger partial charge < -0.3 is 16.4 Å². The van der Waals surface area contributed by atoms with Gasteiger partial charge >= 0.3 is 0 Å². The first kappa shape index (κ1) is 18.5. The average Bonchev–Trinajstić information content (AvgIpc) is 3.53. The molecule has 4 rings (SSSR count). The molecule has 1 fully saturated rings. The molecule has 1 aliphatic rings. The fourth-order valence-electron chi connectivity index (χ4n) is 3.13. The lowest BCUT2D eigenvalue weighted by Gasteiger charge is -2.21. The van der Waals surface area contributed by atoms with E-state index < -0.39 is 0 Å². The maximum Gasteiger partial charge on any atom is 0.227 e. The summed E-state index contributed by atoms with van der Waals surface area (Å²) in [5.74, 6) is 0.294. The number of hydrogen-bond donors (Lipinski definition) is 3. The first-order chi connectivity index (χ1) is 13.6. The molecule has 0 saturated heterocycles. The summed E-state index contributed by atoms with van der Waals surface area (Å²) in [6.45, 7) is 2.51. The van der Waals surface area contributed by atoms with Gasteiger partial charge in [-0.3, -0.25) is 0 Å². The molecular formula is C22H24FN5. The SMILES string of the molecule is Cc1cnc(Nc2ccc(CN)cc2)nc1C(NC1CC1)c1ccc(F)cc1. The molecule has 3 aromatic rings. The molecule has 144 valence electrons. The number of nitrogens with two attached hydrogens (primary N) is 1. The van der Waals surface area contributed by atoms with Crippen LogP contribution in [0.3, 0.4) is 0 Å². The lowest BCUT2D eigenvalue weighted by molar-refractivity contribution is 0.580. The summed E-state index contributed by atoms with van der Waals surface area (Å²) in [5, 5.41) is 6.89. The summed E-state index contributed by atoms with van der Waals surface area (Å²) in [6, 6.07) is 14.9. The maximum atomic E-state index is 13.4. The van der Waals surface area contributed by atoms with Crippen molar-refractivity contribution in [3.05, 3.63) is 82.9 Å². The molecule has 1 aromatic heterocycles. The van der Waals surface area contributed by atoms with Gasteiger partial charge in [-0.1, -0.05) is 24.3 Å². The highest BCUT2D eigenvalue weighted by Gasteiger charge is 2.28. The number of rotatable bonds is 7. The van der Waals surface area contributed by atoms with Gasteiger partial charge in [-0.2, -0.15) is 0 Å². The monoisotopic (exact) mass is 377 g/mol. The van der Waals surface area contributed by atoms with Gasteiger partial charge in [0.1, 0.15) is 5.82 Å². The van der Waals surface area contributed by atoms with Crippen LogP contribution in [0.15, 0.2) is 54.7 Å². The zero-order valence-electron chi connectivity index (χ0n) is 15.8. The standard InChI is InChI=1S/C22H24FN5/c1-14-13-25-22(27-19-8-2-15(12-24)3-9-19)28-20(14)21(26-18-10-11-18)16-4-6-17(23)7-5-16/h2-9,13,18,21,26H,10-12,24H2,1H3,(H,25,27,28). The van der Waals surface area contributed by atoms with Crippen molar-refractivity contribution in [2.75, 3.05) is 5.32 Å². The van der Waals surface area contributed by atoms with Crippen LogP contribution in [0.1, 0.15) is 41.3 Å². The Morgan fingerprint density at radius 2 is 1.82 bits per heavy atom. The van der Waals surface area contributed by atoms with Crippen LogP contribution >= 0.6 is 0 Å². The largest absolute Gasteiger partial charge is 0.326 e. The molecule has 6 heteroatoms. The zero-order valence-corrected chi connectivity index (χ0v) is 15.8. The van der Waals surface area contributed by atoms with Crippen LogP contribution in [0.5, 0.6) is 0 Å². The van der Waals surface area contributed by atoms with E-state index in [1.807, 2.05) is 49.5 Å². The molecule has 0 aliphatic heterocycles. The predicted octanol–water partition coefficient (Wildman–Crippen LogP) is 3.97. The normalized spacial score (nSPS) is 14.7. The van der Waals surface area contributed by atoms with Gasteiger partial charge in [0.25, 0.3) is 0 Å². The van der Waals surface area contributed by atoms with Crippen LogP contribution in [-0.2, 0) is 6.54 Å². The smallest absolute Gasteiger partial charge is 0.227 e. The Kier molecular flexibility index (Phi) is 5.32. The lowest BCUT2D eigenvalue weighted by Crippen LogP contribution is -2.26. The molecular weight excluding hydrogens is 353 g/mol. The molecule has 1 saturated carbocycles. The number of nitrogens with one attached hydrogen (secondary N) is 2. The molecule has 1 heterocycles. The predicted molar refractivity (Wildman–Crippen MR) is 109 cm³/mol. The molecule has 0 radical (unpaired) electrons. The number of aryl methyl sites for hydroxylation is 1. The fourth-order valence-corrected chi connectivity index (χ4v) is 3.13. The minimum absolute atomic E-state index is 0.101. The Labute approximate surface area is 164 Å². The summed E-state index contributed by atoms with van der Waals surface area (Å²) in [6.07, 6.45) is 4.13. The highest BCUT2D eigenvalue weighted by molar-refractivity contribution is 5.54. The number of nitrogens with zero attached hydrogens (tertiary/aromatic N) is 2. The van der Waals surface area contributed by atoms with Crippen molar-refractivity contribution in [2.24, 2.45) is 5.73 Å². The molecule has 1 aliphatic carbocycles. The Hall–Kier alpha value is -2.83. The Bertz CT molecular complexity index is 936. The van der Waals surface area contributed by atoms with Crippen molar-refractivity contribution >= 4 is 11.6 Å². The third kappa shape index (κ3) is 4.35. The summed E-state index contributed by atoms with van der Waals surface area (Å²) in [7, 11) is 0. The molecule has 0 spiro atoms. The van der Waals surface area contributed by atoms with Gasteiger partial charge in [-0.05, 0) is 60.7 Å². The lowest BCUT2D eigenvalue weighted by atomic mass is 10.0. The molecule has 4 N–H and O–H groups in total. The molecule has 1 atom stereocenters. The van der Waals surface area contributed by atoms with Crippen molar-refractivity contribution in [3.63, 3.8) is 0 Å². The van der Waals surface area contributed by atoms with E-state index in [1.165, 1.54) is 12.1 Å². The van der Waals surface area contributed by atoms with E-state index in [2.05, 4.69) is 15.6 Å². The molecule has 28 heavy (non-hydrogen) atoms. The summed E-state index contributed by atoms with van der Waals surface area (Å²) < 4.78 is 13.4. The molecule has 0 bridgehead atoms. The maximum absolute atomic E-state index is 13.4. The number of anilines is 2. The summed E-state index contributed by atoms with van der Waals surface area (Å²) >= 11 is 0. The first-order valence-electron chi connectivity index (χ1n) is 9.53. The van der Waals surface area contributed by atoms with Gasteiger partial charge in [0.2, 0.25) is 5.95 Å². The number of halogens is 1. The Balaban J connectivity index is 1.63. The average molecular weight is 377 g/mol. The van der Waals surface area contributed by atoms with E-state index in [9.17, 15) is 4.39 Å². The zero-order chi connectivity index (χ0) is 19.5. The van der Waals surface area contributed by atoms with E-state index in [4.69, 9.17) is 10.7 Å². The molecule has 0 amide bonds. The van der Waals surface area contributed by atoms with E-state index in [1.54, 1.807) is 0 Å². The third-order valence-electron chi connectivity index (χ3n) is 4.91. The minimum atomic E-state index is -0.239. The first-order valence-corrected chi connectivity index (χ1v) is 9.53. The molecule has 1 unspecified atom stereocenters. The van der Waals surface area contributed by atoms with Crippen molar-refractivity contribution in [3.8, 4) is 0 Å². The second-order valence-electron chi connectivity index (χ2n) is 7.21. The van der Waals surface area contributed by atoms with E-state index in [0.29, 0.717) is 18.5 Å². The number of benzene rings is 2. The summed E-state index contributed by atoms with van der Waals surface area (Å²) in [4.78, 5) is 9.21. The van der Waals surface area contributed by atoms with Crippen molar-refractivity contribution in [2.45, 2.75) is 38.4 Å². The second kappa shape index (κ2) is 8.04.